The van der Waals surface area contributed by atoms with Crippen LogP contribution in [0.1, 0.15) is 4.88 Å². The maximum Gasteiger partial charge on any atom is 0.335 e. The predicted molar refractivity (Wildman–Crippen MR) is 109 cm³/mol. The molecule has 0 aliphatic carbocycles. The lowest BCUT2D eigenvalue weighted by Crippen LogP contribution is -2.52. The number of hydrogen-bond donors (Lipinski definition) is 0. The number of imide groups is 2. The molecule has 2 aliphatic rings. The average Bonchev–Trinajstić information content (AvgIpc) is 3.34. The first-order valence-corrected chi connectivity index (χ1v) is 11.7. The first-order valence-electron chi connectivity index (χ1n) is 9.35. The van der Waals surface area contributed by atoms with E-state index in [4.69, 9.17) is 0 Å². The van der Waals surface area contributed by atoms with E-state index in [0.717, 1.165) is 14.7 Å². The fourth-order valence-electron chi connectivity index (χ4n) is 3.43. The molecule has 4 rings (SSSR count). The third-order valence-corrected chi connectivity index (χ3v) is 7.86. The minimum atomic E-state index is -3.58. The second-order valence-electron chi connectivity index (χ2n) is 6.96. The van der Waals surface area contributed by atoms with Crippen LogP contribution in [0.2, 0.25) is 0 Å². The monoisotopic (exact) mass is 448 g/mol. The molecule has 0 spiro atoms. The van der Waals surface area contributed by atoms with Crippen molar-refractivity contribution in [1.29, 1.82) is 0 Å². The Kier molecular flexibility index (Phi) is 5.69. The molecular weight excluding hydrogens is 428 g/mol. The molecule has 1 aromatic carbocycles. The molecule has 30 heavy (non-hydrogen) atoms. The van der Waals surface area contributed by atoms with Crippen LogP contribution >= 0.6 is 11.3 Å². The van der Waals surface area contributed by atoms with E-state index in [1.165, 1.54) is 15.6 Å². The van der Waals surface area contributed by atoms with Gasteiger partial charge in [0, 0.05) is 31.1 Å². The summed E-state index contributed by atoms with van der Waals surface area (Å²) in [5, 5.41) is 1.84. The molecule has 2 aliphatic heterocycles. The quantitative estimate of drug-likeness (QED) is 0.483. The summed E-state index contributed by atoms with van der Waals surface area (Å²) in [6.07, 6.45) is 0. The summed E-state index contributed by atoms with van der Waals surface area (Å²) in [7, 11) is -3.58. The van der Waals surface area contributed by atoms with Crippen LogP contribution in [0, 0.1) is 0 Å². The molecule has 9 nitrogen and oxygen atoms in total. The second-order valence-corrected chi connectivity index (χ2v) is 9.93. The van der Waals surface area contributed by atoms with Crippen LogP contribution in [0.3, 0.4) is 0 Å². The molecule has 0 radical (unpaired) electrons. The number of hydrogen-bond acceptors (Lipinski definition) is 7. The number of carbonyl (C=O) groups excluding carboxylic acids is 3. The van der Waals surface area contributed by atoms with Crippen LogP contribution in [0.4, 0.5) is 4.79 Å². The highest BCUT2D eigenvalue weighted by Gasteiger charge is 2.45. The standard InChI is InChI=1S/C19H20N4O5S2/c24-17-18(25)23(19(26)22(17)13-15-5-4-12-29-15)14-20-8-10-21(11-9-20)30(27,28)16-6-2-1-3-7-16/h1-7,12H,8-11,13-14H2. The van der Waals surface area contributed by atoms with E-state index in [0.29, 0.717) is 13.1 Å². The topological polar surface area (TPSA) is 98.3 Å². The summed E-state index contributed by atoms with van der Waals surface area (Å²) in [5.41, 5.74) is 0. The van der Waals surface area contributed by atoms with E-state index in [-0.39, 0.29) is 31.2 Å². The van der Waals surface area contributed by atoms with Crippen molar-refractivity contribution in [1.82, 2.24) is 19.0 Å². The number of sulfonamides is 1. The molecule has 0 saturated carbocycles. The molecule has 0 unspecified atom stereocenters. The largest absolute Gasteiger partial charge is 0.335 e. The lowest BCUT2D eigenvalue weighted by molar-refractivity contribution is -0.144. The number of amides is 4. The lowest BCUT2D eigenvalue weighted by atomic mass is 10.4. The van der Waals surface area contributed by atoms with E-state index in [1.54, 1.807) is 41.3 Å². The normalized spacial score (nSPS) is 19.1. The minimum absolute atomic E-state index is 0.0381. The van der Waals surface area contributed by atoms with Crippen molar-refractivity contribution >= 4 is 39.2 Å². The van der Waals surface area contributed by atoms with Crippen LogP contribution in [0.5, 0.6) is 0 Å². The molecule has 1 aromatic heterocycles. The Morgan fingerprint density at radius 3 is 2.13 bits per heavy atom. The zero-order chi connectivity index (χ0) is 21.3. The summed E-state index contributed by atoms with van der Waals surface area (Å²) in [6, 6.07) is 11.2. The van der Waals surface area contributed by atoms with Crippen molar-refractivity contribution in [3.63, 3.8) is 0 Å². The molecule has 11 heteroatoms. The number of carbonyl (C=O) groups is 3. The van der Waals surface area contributed by atoms with Crippen LogP contribution in [-0.2, 0) is 26.2 Å². The molecule has 0 N–H and O–H groups in total. The molecule has 2 saturated heterocycles. The molecule has 2 aromatic rings. The summed E-state index contributed by atoms with van der Waals surface area (Å²) in [6.45, 7) is 1.20. The zero-order valence-corrected chi connectivity index (χ0v) is 17.6. The van der Waals surface area contributed by atoms with Crippen molar-refractivity contribution in [2.75, 3.05) is 32.8 Å². The number of piperazine rings is 1. The smallest absolute Gasteiger partial charge is 0.283 e. The highest BCUT2D eigenvalue weighted by atomic mass is 32.2. The fourth-order valence-corrected chi connectivity index (χ4v) is 5.56. The number of nitrogens with zero attached hydrogens (tertiary/aromatic N) is 4. The Morgan fingerprint density at radius 2 is 1.50 bits per heavy atom. The minimum Gasteiger partial charge on any atom is -0.283 e. The Hall–Kier alpha value is -2.60. The Labute approximate surface area is 178 Å². The maximum atomic E-state index is 12.7. The van der Waals surface area contributed by atoms with E-state index in [1.807, 2.05) is 11.4 Å². The van der Waals surface area contributed by atoms with Gasteiger partial charge in [0.15, 0.2) is 0 Å². The summed E-state index contributed by atoms with van der Waals surface area (Å²) in [4.78, 5) is 41.9. The van der Waals surface area contributed by atoms with Crippen LogP contribution in [0.15, 0.2) is 52.7 Å². The lowest BCUT2D eigenvalue weighted by Gasteiger charge is -2.35. The van der Waals surface area contributed by atoms with Crippen molar-refractivity contribution < 1.29 is 22.8 Å². The van der Waals surface area contributed by atoms with E-state index in [9.17, 15) is 22.8 Å². The Morgan fingerprint density at radius 1 is 0.833 bits per heavy atom. The number of thiophene rings is 1. The van der Waals surface area contributed by atoms with Gasteiger partial charge < -0.3 is 0 Å². The van der Waals surface area contributed by atoms with E-state index >= 15 is 0 Å². The van der Waals surface area contributed by atoms with Crippen molar-refractivity contribution in [2.24, 2.45) is 0 Å². The molecule has 0 atom stereocenters. The van der Waals surface area contributed by atoms with Gasteiger partial charge in [-0.05, 0) is 23.6 Å². The molecular formula is C19H20N4O5S2. The molecule has 0 bridgehead atoms. The summed E-state index contributed by atoms with van der Waals surface area (Å²) >= 11 is 1.40. The van der Waals surface area contributed by atoms with Crippen molar-refractivity contribution in [2.45, 2.75) is 11.4 Å². The van der Waals surface area contributed by atoms with Gasteiger partial charge in [0.25, 0.3) is 0 Å². The molecule has 4 amide bonds. The first-order chi connectivity index (χ1) is 14.4. The van der Waals surface area contributed by atoms with Crippen LogP contribution in [0.25, 0.3) is 0 Å². The SMILES string of the molecule is O=C1C(=O)N(CN2CCN(S(=O)(=O)c3ccccc3)CC2)C(=O)N1Cc1cccs1. The number of urea groups is 1. The summed E-state index contributed by atoms with van der Waals surface area (Å²) in [5.74, 6) is -1.69. The third kappa shape index (κ3) is 3.88. The van der Waals surface area contributed by atoms with Crippen LogP contribution < -0.4 is 0 Å². The van der Waals surface area contributed by atoms with Crippen molar-refractivity contribution in [3.05, 3.63) is 52.7 Å². The van der Waals surface area contributed by atoms with Gasteiger partial charge in [0.2, 0.25) is 10.0 Å². The first kappa shape index (κ1) is 20.7. The molecule has 158 valence electrons. The van der Waals surface area contributed by atoms with Gasteiger partial charge in [-0.1, -0.05) is 24.3 Å². The average molecular weight is 449 g/mol. The highest BCUT2D eigenvalue weighted by Crippen LogP contribution is 2.21. The molecule has 3 heterocycles. The second kappa shape index (κ2) is 8.26. The number of benzene rings is 1. The van der Waals surface area contributed by atoms with Gasteiger partial charge >= 0.3 is 17.8 Å². The fraction of sp³-hybridized carbons (Fsp3) is 0.316. The van der Waals surface area contributed by atoms with Gasteiger partial charge in [-0.15, -0.1) is 11.3 Å². The van der Waals surface area contributed by atoms with Gasteiger partial charge in [0.05, 0.1) is 18.1 Å². The maximum absolute atomic E-state index is 12.7. The van der Waals surface area contributed by atoms with Gasteiger partial charge in [-0.2, -0.15) is 4.31 Å². The third-order valence-electron chi connectivity index (χ3n) is 5.08. The van der Waals surface area contributed by atoms with E-state index in [2.05, 4.69) is 0 Å². The van der Waals surface area contributed by atoms with Crippen LogP contribution in [-0.4, -0.2) is 78.1 Å². The highest BCUT2D eigenvalue weighted by molar-refractivity contribution is 7.89. The van der Waals surface area contributed by atoms with Crippen molar-refractivity contribution in [3.8, 4) is 0 Å². The van der Waals surface area contributed by atoms with Gasteiger partial charge in [0.1, 0.15) is 0 Å². The molecule has 2 fully saturated rings. The number of rotatable bonds is 6. The summed E-state index contributed by atoms with van der Waals surface area (Å²) < 4.78 is 26.8. The Bertz CT molecular complexity index is 1050. The van der Waals surface area contributed by atoms with Gasteiger partial charge in [-0.25, -0.2) is 18.1 Å². The Balaban J connectivity index is 1.37. The van der Waals surface area contributed by atoms with Gasteiger partial charge in [-0.3, -0.25) is 19.4 Å². The van der Waals surface area contributed by atoms with E-state index < -0.39 is 27.9 Å². The predicted octanol–water partition coefficient (Wildman–Crippen LogP) is 1.00. The zero-order valence-electron chi connectivity index (χ0n) is 16.0.